The van der Waals surface area contributed by atoms with Crippen LogP contribution in [0.15, 0.2) is 48.7 Å². The smallest absolute Gasteiger partial charge is 0.327 e. The molecule has 11 heteroatoms. The van der Waals surface area contributed by atoms with E-state index in [-0.39, 0.29) is 24.4 Å². The van der Waals surface area contributed by atoms with E-state index in [4.69, 9.17) is 34.8 Å². The van der Waals surface area contributed by atoms with Gasteiger partial charge < -0.3 is 15.7 Å². The number of nitrogens with zero attached hydrogens (tertiary/aromatic N) is 3. The fraction of sp³-hybridized carbons (Fsp3) is 0.261. The van der Waals surface area contributed by atoms with Gasteiger partial charge in [-0.15, -0.1) is 0 Å². The molecule has 0 saturated heterocycles. The van der Waals surface area contributed by atoms with Crippen LogP contribution in [0.2, 0.25) is 15.1 Å². The number of halogens is 4. The first-order chi connectivity index (χ1) is 16.0. The largest absolute Gasteiger partial charge is 0.388 e. The Balaban J connectivity index is 1.90. The summed E-state index contributed by atoms with van der Waals surface area (Å²) >= 11 is 18.3. The van der Waals surface area contributed by atoms with Crippen LogP contribution in [-0.4, -0.2) is 32.7 Å². The minimum Gasteiger partial charge on any atom is -0.388 e. The number of urea groups is 1. The van der Waals surface area contributed by atoms with Crippen molar-refractivity contribution in [2.24, 2.45) is 0 Å². The first kappa shape index (κ1) is 26.0. The average molecular weight is 527 g/mol. The highest BCUT2D eigenvalue weighted by molar-refractivity contribution is 6.43. The molecule has 0 aliphatic carbocycles. The second-order valence-electron chi connectivity index (χ2n) is 8.09. The van der Waals surface area contributed by atoms with Gasteiger partial charge >= 0.3 is 6.03 Å². The number of rotatable bonds is 7. The predicted octanol–water partition coefficient (Wildman–Crippen LogP) is 6.20. The first-order valence-electron chi connectivity index (χ1n) is 10.2. The molecule has 1 unspecified atom stereocenters. The molecule has 34 heavy (non-hydrogen) atoms. The Kier molecular flexibility index (Phi) is 8.20. The van der Waals surface area contributed by atoms with E-state index in [0.29, 0.717) is 26.3 Å². The Morgan fingerprint density at radius 2 is 1.76 bits per heavy atom. The maximum absolute atomic E-state index is 13.5. The molecule has 3 aromatic rings. The minimum atomic E-state index is -1.04. The Bertz CT molecular complexity index is 1170. The molecule has 3 N–H and O–H groups in total. The van der Waals surface area contributed by atoms with Gasteiger partial charge in [-0.3, -0.25) is 0 Å². The third kappa shape index (κ3) is 6.48. The Morgan fingerprint density at radius 3 is 2.41 bits per heavy atom. The normalized spacial score (nSPS) is 12.2. The molecule has 0 aliphatic heterocycles. The molecule has 180 valence electrons. The monoisotopic (exact) mass is 525 g/mol. The van der Waals surface area contributed by atoms with Gasteiger partial charge in [0.25, 0.3) is 0 Å². The number of aliphatic hydroxyl groups is 1. The number of carbonyl (C=O) groups excluding carboxylic acids is 1. The molecule has 2 amide bonds. The average Bonchev–Trinajstić information content (AvgIpc) is 2.76. The molecule has 1 aromatic heterocycles. The van der Waals surface area contributed by atoms with Gasteiger partial charge in [-0.05, 0) is 62.7 Å². The van der Waals surface area contributed by atoms with Gasteiger partial charge in [-0.25, -0.2) is 19.1 Å². The van der Waals surface area contributed by atoms with E-state index in [1.54, 1.807) is 26.8 Å². The molecule has 0 radical (unpaired) electrons. The van der Waals surface area contributed by atoms with Crippen molar-refractivity contribution in [3.63, 3.8) is 0 Å². The molecular weight excluding hydrogens is 504 g/mol. The van der Waals surface area contributed by atoms with Crippen molar-refractivity contribution >= 4 is 58.3 Å². The second-order valence-corrected chi connectivity index (χ2v) is 9.31. The lowest BCUT2D eigenvalue weighted by molar-refractivity contribution is 0.0646. The molecule has 3 rings (SSSR count). The SMILES string of the molecule is CC(Nc1nccc(N(C(=O)NCc2cc(Cl)c(Cl)cc2Cl)c2ccc(F)cc2)n1)C(C)(C)O. The highest BCUT2D eigenvalue weighted by atomic mass is 35.5. The standard InChI is InChI=1S/C23H23Cl3FN5O2/c1-13(23(2,3)34)30-21-28-9-8-20(31-21)32(16-6-4-15(27)5-7-16)22(33)29-12-14-10-18(25)19(26)11-17(14)24/h4-11,13,34H,12H2,1-3H3,(H,29,33)(H,28,30,31). The zero-order valence-corrected chi connectivity index (χ0v) is 20.9. The zero-order chi connectivity index (χ0) is 25.0. The molecule has 0 spiro atoms. The summed E-state index contributed by atoms with van der Waals surface area (Å²) in [5.41, 5.74) is -0.0983. The maximum Gasteiger partial charge on any atom is 0.327 e. The molecule has 0 aliphatic rings. The summed E-state index contributed by atoms with van der Waals surface area (Å²) in [5, 5.41) is 16.9. The summed E-state index contributed by atoms with van der Waals surface area (Å²) in [6.07, 6.45) is 1.47. The van der Waals surface area contributed by atoms with Gasteiger partial charge in [-0.2, -0.15) is 4.98 Å². The third-order valence-corrected chi connectivity index (χ3v) is 6.16. The van der Waals surface area contributed by atoms with E-state index in [9.17, 15) is 14.3 Å². The van der Waals surface area contributed by atoms with Crippen molar-refractivity contribution in [1.29, 1.82) is 0 Å². The topological polar surface area (TPSA) is 90.4 Å². The van der Waals surface area contributed by atoms with Gasteiger partial charge in [0, 0.05) is 23.8 Å². The molecule has 0 saturated carbocycles. The summed E-state index contributed by atoms with van der Waals surface area (Å²) in [5.74, 6) is -0.0138. The number of hydrogen-bond donors (Lipinski definition) is 3. The quantitative estimate of drug-likeness (QED) is 0.319. The van der Waals surface area contributed by atoms with Crippen LogP contribution in [0.5, 0.6) is 0 Å². The van der Waals surface area contributed by atoms with Gasteiger partial charge in [-0.1, -0.05) is 34.8 Å². The zero-order valence-electron chi connectivity index (χ0n) is 18.6. The number of carbonyl (C=O) groups is 1. The fourth-order valence-corrected chi connectivity index (χ4v) is 3.44. The van der Waals surface area contributed by atoms with Crippen molar-refractivity contribution in [2.45, 2.75) is 39.0 Å². The van der Waals surface area contributed by atoms with Crippen LogP contribution in [0, 0.1) is 5.82 Å². The van der Waals surface area contributed by atoms with Crippen LogP contribution in [0.3, 0.4) is 0 Å². The number of amides is 2. The molecule has 2 aromatic carbocycles. The van der Waals surface area contributed by atoms with E-state index >= 15 is 0 Å². The lowest BCUT2D eigenvalue weighted by atomic mass is 10.0. The Labute approximate surface area is 211 Å². The maximum atomic E-state index is 13.5. The Morgan fingerprint density at radius 1 is 1.12 bits per heavy atom. The molecule has 0 bridgehead atoms. The van der Waals surface area contributed by atoms with Crippen LogP contribution in [0.25, 0.3) is 0 Å². The van der Waals surface area contributed by atoms with Crippen LogP contribution in [-0.2, 0) is 6.54 Å². The first-order valence-corrected chi connectivity index (χ1v) is 11.4. The van der Waals surface area contributed by atoms with Crippen LogP contribution in [0.1, 0.15) is 26.3 Å². The third-order valence-electron chi connectivity index (χ3n) is 5.08. The number of anilines is 3. The van der Waals surface area contributed by atoms with Crippen molar-refractivity contribution in [2.75, 3.05) is 10.2 Å². The van der Waals surface area contributed by atoms with Crippen LogP contribution in [0.4, 0.5) is 26.6 Å². The minimum absolute atomic E-state index is 0.0537. The van der Waals surface area contributed by atoms with E-state index in [1.165, 1.54) is 47.5 Å². The number of hydrogen-bond acceptors (Lipinski definition) is 5. The van der Waals surface area contributed by atoms with Gasteiger partial charge in [0.1, 0.15) is 11.6 Å². The van der Waals surface area contributed by atoms with Crippen molar-refractivity contribution in [1.82, 2.24) is 15.3 Å². The van der Waals surface area contributed by atoms with Crippen LogP contribution < -0.4 is 15.5 Å². The molecular formula is C23H23Cl3FN5O2. The van der Waals surface area contributed by atoms with E-state index in [0.717, 1.165) is 0 Å². The molecule has 0 fully saturated rings. The van der Waals surface area contributed by atoms with Crippen molar-refractivity contribution in [3.8, 4) is 0 Å². The van der Waals surface area contributed by atoms with Crippen LogP contribution >= 0.6 is 34.8 Å². The Hall–Kier alpha value is -2.65. The summed E-state index contributed by atoms with van der Waals surface area (Å²) in [6, 6.07) is 9.06. The molecule has 7 nitrogen and oxygen atoms in total. The predicted molar refractivity (Wildman–Crippen MR) is 134 cm³/mol. The van der Waals surface area contributed by atoms with Crippen molar-refractivity contribution < 1.29 is 14.3 Å². The summed E-state index contributed by atoms with van der Waals surface area (Å²) in [7, 11) is 0. The van der Waals surface area contributed by atoms with Gasteiger partial charge in [0.05, 0.1) is 27.4 Å². The van der Waals surface area contributed by atoms with E-state index < -0.39 is 17.4 Å². The molecule has 1 heterocycles. The number of nitrogens with one attached hydrogen (secondary N) is 2. The lowest BCUT2D eigenvalue weighted by Gasteiger charge is -2.27. The van der Waals surface area contributed by atoms with Crippen molar-refractivity contribution in [3.05, 3.63) is 75.1 Å². The fourth-order valence-electron chi connectivity index (χ4n) is 2.81. The number of benzene rings is 2. The highest BCUT2D eigenvalue weighted by Crippen LogP contribution is 2.29. The highest BCUT2D eigenvalue weighted by Gasteiger charge is 2.24. The summed E-state index contributed by atoms with van der Waals surface area (Å²) in [4.78, 5) is 23.1. The number of aromatic nitrogens is 2. The van der Waals surface area contributed by atoms with Gasteiger partial charge in [0.15, 0.2) is 0 Å². The van der Waals surface area contributed by atoms with E-state index in [1.807, 2.05) is 0 Å². The molecule has 1 atom stereocenters. The van der Waals surface area contributed by atoms with E-state index in [2.05, 4.69) is 20.6 Å². The summed E-state index contributed by atoms with van der Waals surface area (Å²) in [6.45, 7) is 5.14. The summed E-state index contributed by atoms with van der Waals surface area (Å²) < 4.78 is 13.5. The lowest BCUT2D eigenvalue weighted by Crippen LogP contribution is -2.40. The second kappa shape index (κ2) is 10.7. The van der Waals surface area contributed by atoms with Gasteiger partial charge in [0.2, 0.25) is 5.95 Å².